The molecule has 0 spiro atoms. The molecule has 0 aliphatic rings. The van der Waals surface area contributed by atoms with Gasteiger partial charge in [-0.15, -0.1) is 0 Å². The van der Waals surface area contributed by atoms with Crippen molar-refractivity contribution in [2.24, 2.45) is 0 Å². The number of nitrogens with zero attached hydrogens (tertiary/aromatic N) is 1. The van der Waals surface area contributed by atoms with E-state index in [4.69, 9.17) is 9.47 Å². The molecule has 0 atom stereocenters. The molecule has 0 unspecified atom stereocenters. The molecule has 0 bridgehead atoms. The highest BCUT2D eigenvalue weighted by Gasteiger charge is 2.21. The van der Waals surface area contributed by atoms with Gasteiger partial charge < -0.3 is 19.1 Å². The Morgan fingerprint density at radius 1 is 1.00 bits per heavy atom. The summed E-state index contributed by atoms with van der Waals surface area (Å²) in [4.78, 5) is 24.1. The average Bonchev–Trinajstić information content (AvgIpc) is 2.35. The van der Waals surface area contributed by atoms with E-state index in [1.807, 2.05) is 13.8 Å². The fourth-order valence-corrected chi connectivity index (χ4v) is 1.17. The Bertz CT molecular complexity index is 222. The monoisotopic (exact) mass is 247 g/mol. The summed E-state index contributed by atoms with van der Waals surface area (Å²) >= 11 is 0. The van der Waals surface area contributed by atoms with Gasteiger partial charge in [0.25, 0.3) is 0 Å². The molecule has 0 aliphatic heterocycles. The first-order valence-corrected chi connectivity index (χ1v) is 5.70. The molecule has 0 aliphatic carbocycles. The number of methoxy groups -OCH3 is 1. The lowest BCUT2D eigenvalue weighted by atomic mass is 10.4. The van der Waals surface area contributed by atoms with Gasteiger partial charge in [-0.2, -0.15) is 0 Å². The number of rotatable bonds is 8. The van der Waals surface area contributed by atoms with Crippen LogP contribution in [0.2, 0.25) is 0 Å². The van der Waals surface area contributed by atoms with E-state index in [1.54, 1.807) is 0 Å². The Morgan fingerprint density at radius 2 is 1.47 bits per heavy atom. The molecular weight excluding hydrogens is 226 g/mol. The van der Waals surface area contributed by atoms with Crippen LogP contribution in [-0.4, -0.2) is 63.4 Å². The molecule has 0 heterocycles. The van der Waals surface area contributed by atoms with Gasteiger partial charge >= 0.3 is 11.9 Å². The van der Waals surface area contributed by atoms with Crippen LogP contribution in [-0.2, 0) is 23.8 Å². The van der Waals surface area contributed by atoms with Crippen molar-refractivity contribution < 1.29 is 23.8 Å². The minimum atomic E-state index is -0.863. The Kier molecular flexibility index (Phi) is 9.37. The van der Waals surface area contributed by atoms with Gasteiger partial charge in [0.2, 0.25) is 0 Å². The van der Waals surface area contributed by atoms with Crippen LogP contribution in [0.25, 0.3) is 0 Å². The Labute approximate surface area is 102 Å². The predicted octanol–water partition coefficient (Wildman–Crippen LogP) is 0.0610. The van der Waals surface area contributed by atoms with Crippen molar-refractivity contribution >= 4 is 11.9 Å². The maximum absolute atomic E-state index is 11.6. The van der Waals surface area contributed by atoms with Gasteiger partial charge in [0.1, 0.15) is 0 Å². The Morgan fingerprint density at radius 3 is 1.82 bits per heavy atom. The first-order valence-electron chi connectivity index (χ1n) is 5.70. The molecule has 1 amide bonds. The molecule has 0 fully saturated rings. The molecule has 6 nitrogen and oxygen atoms in total. The summed E-state index contributed by atoms with van der Waals surface area (Å²) in [7, 11) is 1.18. The first kappa shape index (κ1) is 15.9. The van der Waals surface area contributed by atoms with Crippen LogP contribution in [0.4, 0.5) is 0 Å². The molecular formula is C11H21NO5. The molecule has 0 radical (unpaired) electrons. The highest BCUT2D eigenvalue weighted by atomic mass is 16.5. The molecule has 0 saturated carbocycles. The fourth-order valence-electron chi connectivity index (χ4n) is 1.17. The molecule has 6 heteroatoms. The summed E-state index contributed by atoms with van der Waals surface area (Å²) in [6.07, 6.45) is 0. The number of carbonyl (C=O) groups excluding carboxylic acids is 2. The molecule has 0 aromatic carbocycles. The summed E-state index contributed by atoms with van der Waals surface area (Å²) in [5.41, 5.74) is 0. The smallest absolute Gasteiger partial charge is 0.396 e. The largest absolute Gasteiger partial charge is 0.462 e. The fraction of sp³-hybridized carbons (Fsp3) is 0.818. The van der Waals surface area contributed by atoms with Crippen molar-refractivity contribution in [1.82, 2.24) is 4.90 Å². The maximum Gasteiger partial charge on any atom is 0.396 e. The third-order valence-corrected chi connectivity index (χ3v) is 2.07. The van der Waals surface area contributed by atoms with E-state index in [-0.39, 0.29) is 0 Å². The second-order valence-corrected chi connectivity index (χ2v) is 3.18. The lowest BCUT2D eigenvalue weighted by molar-refractivity contribution is -0.158. The van der Waals surface area contributed by atoms with Gasteiger partial charge in [0, 0.05) is 26.3 Å². The van der Waals surface area contributed by atoms with Crippen molar-refractivity contribution in [1.29, 1.82) is 0 Å². The van der Waals surface area contributed by atoms with Crippen molar-refractivity contribution in [2.45, 2.75) is 13.8 Å². The molecule has 0 N–H and O–H groups in total. The summed E-state index contributed by atoms with van der Waals surface area (Å²) in [5, 5.41) is 0. The zero-order valence-electron chi connectivity index (χ0n) is 10.7. The predicted molar refractivity (Wildman–Crippen MR) is 61.6 cm³/mol. The molecule has 0 saturated heterocycles. The molecule has 0 rings (SSSR count). The summed E-state index contributed by atoms with van der Waals surface area (Å²) < 4.78 is 14.7. The summed E-state index contributed by atoms with van der Waals surface area (Å²) in [6.45, 7) is 6.39. The molecule has 0 aromatic heterocycles. The van der Waals surface area contributed by atoms with E-state index >= 15 is 0 Å². The molecule has 100 valence electrons. The minimum absolute atomic E-state index is 0.356. The number of amides is 1. The van der Waals surface area contributed by atoms with Crippen molar-refractivity contribution in [3.8, 4) is 0 Å². The number of carbonyl (C=O) groups is 2. The third-order valence-electron chi connectivity index (χ3n) is 2.07. The SMILES string of the molecule is CCOCCN(CCOCC)C(=O)C(=O)OC. The van der Waals surface area contributed by atoms with Crippen LogP contribution < -0.4 is 0 Å². The topological polar surface area (TPSA) is 65.1 Å². The maximum atomic E-state index is 11.6. The van der Waals surface area contributed by atoms with Crippen LogP contribution in [0.5, 0.6) is 0 Å². The summed E-state index contributed by atoms with van der Waals surface area (Å²) in [6, 6.07) is 0. The van der Waals surface area contributed by atoms with E-state index < -0.39 is 11.9 Å². The van der Waals surface area contributed by atoms with E-state index in [0.29, 0.717) is 39.5 Å². The second kappa shape index (κ2) is 10.0. The van der Waals surface area contributed by atoms with Crippen LogP contribution in [0.15, 0.2) is 0 Å². The zero-order chi connectivity index (χ0) is 13.1. The number of hydrogen-bond donors (Lipinski definition) is 0. The van der Waals surface area contributed by atoms with Crippen LogP contribution >= 0.6 is 0 Å². The van der Waals surface area contributed by atoms with Crippen LogP contribution in [0, 0.1) is 0 Å². The highest BCUT2D eigenvalue weighted by molar-refractivity contribution is 6.32. The zero-order valence-corrected chi connectivity index (χ0v) is 10.7. The van der Waals surface area contributed by atoms with Crippen LogP contribution in [0.3, 0.4) is 0 Å². The summed E-state index contributed by atoms with van der Waals surface area (Å²) in [5.74, 6) is -1.52. The number of hydrogen-bond acceptors (Lipinski definition) is 5. The normalized spacial score (nSPS) is 10.1. The lowest BCUT2D eigenvalue weighted by Gasteiger charge is -2.20. The van der Waals surface area contributed by atoms with Gasteiger partial charge in [0.05, 0.1) is 20.3 Å². The molecule has 17 heavy (non-hydrogen) atoms. The van der Waals surface area contributed by atoms with Crippen molar-refractivity contribution in [2.75, 3.05) is 46.6 Å². The highest BCUT2D eigenvalue weighted by Crippen LogP contribution is 1.94. The van der Waals surface area contributed by atoms with E-state index in [1.165, 1.54) is 12.0 Å². The van der Waals surface area contributed by atoms with Gasteiger partial charge in [-0.3, -0.25) is 4.79 Å². The Balaban J connectivity index is 4.17. The van der Waals surface area contributed by atoms with Crippen molar-refractivity contribution in [3.05, 3.63) is 0 Å². The second-order valence-electron chi connectivity index (χ2n) is 3.18. The van der Waals surface area contributed by atoms with Gasteiger partial charge in [-0.1, -0.05) is 0 Å². The van der Waals surface area contributed by atoms with Crippen molar-refractivity contribution in [3.63, 3.8) is 0 Å². The Hall–Kier alpha value is -1.14. The van der Waals surface area contributed by atoms with Crippen LogP contribution in [0.1, 0.15) is 13.8 Å². The van der Waals surface area contributed by atoms with Gasteiger partial charge in [-0.05, 0) is 13.8 Å². The van der Waals surface area contributed by atoms with E-state index in [9.17, 15) is 9.59 Å². The quantitative estimate of drug-likeness (QED) is 0.345. The molecule has 0 aromatic rings. The van der Waals surface area contributed by atoms with E-state index in [0.717, 1.165) is 0 Å². The standard InChI is InChI=1S/C11H21NO5/c1-4-16-8-6-12(7-9-17-5-2)10(13)11(14)15-3/h4-9H2,1-3H3. The number of ether oxygens (including phenoxy) is 3. The first-order chi connectivity index (χ1) is 8.17. The van der Waals surface area contributed by atoms with Gasteiger partial charge in [-0.25, -0.2) is 4.79 Å². The van der Waals surface area contributed by atoms with Gasteiger partial charge in [0.15, 0.2) is 0 Å². The lowest BCUT2D eigenvalue weighted by Crippen LogP contribution is -2.41. The third kappa shape index (κ3) is 6.91. The average molecular weight is 247 g/mol. The van der Waals surface area contributed by atoms with E-state index in [2.05, 4.69) is 4.74 Å². The minimum Gasteiger partial charge on any atom is -0.462 e. The number of esters is 1.